The molecule has 3 nitrogen and oxygen atoms in total. The number of aryl methyl sites for hydroxylation is 2. The van der Waals surface area contributed by atoms with E-state index in [-0.39, 0.29) is 5.78 Å². The summed E-state index contributed by atoms with van der Waals surface area (Å²) in [7, 11) is 1.60. The number of rotatable bonds is 3. The van der Waals surface area contributed by atoms with Crippen LogP contribution in [0.15, 0.2) is 30.6 Å². The van der Waals surface area contributed by atoms with Gasteiger partial charge in [-0.2, -0.15) is 0 Å². The van der Waals surface area contributed by atoms with Crippen molar-refractivity contribution in [3.05, 3.63) is 58.4 Å². The average Bonchev–Trinajstić information content (AvgIpc) is 2.41. The molecule has 2 aromatic rings. The third kappa shape index (κ3) is 2.36. The van der Waals surface area contributed by atoms with Crippen molar-refractivity contribution in [2.24, 2.45) is 0 Å². The quantitative estimate of drug-likeness (QED) is 0.790. The Bertz CT molecular complexity index is 633. The molecule has 3 heteroatoms. The fourth-order valence-corrected chi connectivity index (χ4v) is 2.11. The monoisotopic (exact) mass is 255 g/mol. The van der Waals surface area contributed by atoms with Gasteiger partial charge in [-0.3, -0.25) is 9.78 Å². The van der Waals surface area contributed by atoms with Crippen molar-refractivity contribution in [1.82, 2.24) is 4.98 Å². The topological polar surface area (TPSA) is 39.2 Å². The molecule has 1 aromatic heterocycles. The van der Waals surface area contributed by atoms with Gasteiger partial charge in [0.25, 0.3) is 0 Å². The summed E-state index contributed by atoms with van der Waals surface area (Å²) >= 11 is 0. The van der Waals surface area contributed by atoms with Crippen molar-refractivity contribution in [1.29, 1.82) is 0 Å². The number of ketones is 1. The van der Waals surface area contributed by atoms with Gasteiger partial charge in [-0.05, 0) is 49.6 Å². The van der Waals surface area contributed by atoms with E-state index >= 15 is 0 Å². The minimum atomic E-state index is -0.0279. The second-order valence-electron chi connectivity index (χ2n) is 4.61. The number of hydrogen-bond acceptors (Lipinski definition) is 3. The number of aromatic nitrogens is 1. The first-order chi connectivity index (χ1) is 9.06. The number of nitrogens with zero attached hydrogens (tertiary/aromatic N) is 1. The molecule has 0 atom stereocenters. The maximum atomic E-state index is 12.6. The smallest absolute Gasteiger partial charge is 0.197 e. The van der Waals surface area contributed by atoms with Crippen molar-refractivity contribution < 1.29 is 9.53 Å². The molecule has 0 N–H and O–H groups in total. The predicted octanol–water partition coefficient (Wildman–Crippen LogP) is 3.25. The highest BCUT2D eigenvalue weighted by Crippen LogP contribution is 2.28. The Morgan fingerprint density at radius 3 is 2.42 bits per heavy atom. The van der Waals surface area contributed by atoms with Crippen LogP contribution < -0.4 is 4.74 Å². The number of carbonyl (C=O) groups excluding carboxylic acids is 1. The van der Waals surface area contributed by atoms with Gasteiger partial charge < -0.3 is 4.74 Å². The molecule has 98 valence electrons. The van der Waals surface area contributed by atoms with E-state index in [1.807, 2.05) is 32.9 Å². The minimum absolute atomic E-state index is 0.0279. The van der Waals surface area contributed by atoms with Gasteiger partial charge in [-0.25, -0.2) is 0 Å². The number of methoxy groups -OCH3 is 1. The number of benzene rings is 1. The molecule has 2 rings (SSSR count). The lowest BCUT2D eigenvalue weighted by atomic mass is 9.96. The van der Waals surface area contributed by atoms with Crippen LogP contribution in [0.1, 0.15) is 32.6 Å². The summed E-state index contributed by atoms with van der Waals surface area (Å²) in [6.07, 6.45) is 3.33. The summed E-state index contributed by atoms with van der Waals surface area (Å²) in [6.45, 7) is 5.85. The molecule has 0 saturated heterocycles. The fraction of sp³-hybridized carbons (Fsp3) is 0.250. The van der Waals surface area contributed by atoms with Crippen LogP contribution in [0.25, 0.3) is 0 Å². The second kappa shape index (κ2) is 5.22. The van der Waals surface area contributed by atoms with Crippen molar-refractivity contribution in [3.8, 4) is 5.75 Å². The lowest BCUT2D eigenvalue weighted by molar-refractivity contribution is 0.103. The first-order valence-electron chi connectivity index (χ1n) is 6.15. The first-order valence-corrected chi connectivity index (χ1v) is 6.15. The maximum absolute atomic E-state index is 12.6. The second-order valence-corrected chi connectivity index (χ2v) is 4.61. The van der Waals surface area contributed by atoms with Gasteiger partial charge >= 0.3 is 0 Å². The van der Waals surface area contributed by atoms with E-state index in [0.29, 0.717) is 16.9 Å². The lowest BCUT2D eigenvalue weighted by Crippen LogP contribution is -2.07. The van der Waals surface area contributed by atoms with Crippen molar-refractivity contribution >= 4 is 5.78 Å². The van der Waals surface area contributed by atoms with Crippen LogP contribution in [-0.2, 0) is 0 Å². The molecule has 0 fully saturated rings. The van der Waals surface area contributed by atoms with Gasteiger partial charge in [0.05, 0.1) is 12.7 Å². The highest BCUT2D eigenvalue weighted by atomic mass is 16.5. The summed E-state index contributed by atoms with van der Waals surface area (Å²) in [4.78, 5) is 16.6. The third-order valence-electron chi connectivity index (χ3n) is 3.39. The molecule has 19 heavy (non-hydrogen) atoms. The lowest BCUT2D eigenvalue weighted by Gasteiger charge is -2.13. The Morgan fingerprint density at radius 2 is 1.79 bits per heavy atom. The van der Waals surface area contributed by atoms with E-state index in [4.69, 9.17) is 4.74 Å². The first kappa shape index (κ1) is 13.3. The van der Waals surface area contributed by atoms with Gasteiger partial charge in [-0.15, -0.1) is 0 Å². The van der Waals surface area contributed by atoms with Crippen LogP contribution in [0.3, 0.4) is 0 Å². The average molecular weight is 255 g/mol. The molecule has 0 aliphatic carbocycles. The van der Waals surface area contributed by atoms with Crippen LogP contribution in [0, 0.1) is 20.8 Å². The Balaban J connectivity index is 2.57. The van der Waals surface area contributed by atoms with E-state index in [1.54, 1.807) is 25.6 Å². The highest BCUT2D eigenvalue weighted by molar-refractivity contribution is 6.11. The Labute approximate surface area is 113 Å². The summed E-state index contributed by atoms with van der Waals surface area (Å²) in [5.41, 5.74) is 4.24. The van der Waals surface area contributed by atoms with Gasteiger partial charge in [-0.1, -0.05) is 6.07 Å². The van der Waals surface area contributed by atoms with E-state index < -0.39 is 0 Å². The zero-order valence-electron chi connectivity index (χ0n) is 11.7. The number of pyridine rings is 1. The molecular formula is C16H17NO2. The van der Waals surface area contributed by atoms with Crippen LogP contribution in [0.5, 0.6) is 5.75 Å². The van der Waals surface area contributed by atoms with Crippen LogP contribution in [0.4, 0.5) is 0 Å². The van der Waals surface area contributed by atoms with E-state index in [9.17, 15) is 4.79 Å². The van der Waals surface area contributed by atoms with Gasteiger partial charge in [0.1, 0.15) is 5.75 Å². The van der Waals surface area contributed by atoms with E-state index in [1.165, 1.54) is 0 Å². The van der Waals surface area contributed by atoms with Crippen molar-refractivity contribution in [2.45, 2.75) is 20.8 Å². The molecule has 0 aliphatic heterocycles. The summed E-state index contributed by atoms with van der Waals surface area (Å²) in [5, 5.41) is 0. The van der Waals surface area contributed by atoms with Gasteiger partial charge in [0.2, 0.25) is 0 Å². The predicted molar refractivity (Wildman–Crippen MR) is 74.9 cm³/mol. The van der Waals surface area contributed by atoms with Gasteiger partial charge in [0.15, 0.2) is 5.78 Å². The molecular weight excluding hydrogens is 238 g/mol. The molecule has 0 amide bonds. The van der Waals surface area contributed by atoms with E-state index in [2.05, 4.69) is 4.98 Å². The van der Waals surface area contributed by atoms with Crippen LogP contribution in [-0.4, -0.2) is 17.9 Å². The fourth-order valence-electron chi connectivity index (χ4n) is 2.11. The number of hydrogen-bond donors (Lipinski definition) is 0. The Kier molecular flexibility index (Phi) is 3.65. The molecule has 1 heterocycles. The number of ether oxygens (including phenoxy) is 1. The van der Waals surface area contributed by atoms with Gasteiger partial charge in [0, 0.05) is 18.0 Å². The minimum Gasteiger partial charge on any atom is -0.496 e. The molecule has 0 unspecified atom stereocenters. The number of carbonyl (C=O) groups is 1. The van der Waals surface area contributed by atoms with Crippen molar-refractivity contribution in [2.75, 3.05) is 7.11 Å². The molecule has 0 aliphatic rings. The third-order valence-corrected chi connectivity index (χ3v) is 3.39. The van der Waals surface area contributed by atoms with E-state index in [0.717, 1.165) is 16.7 Å². The van der Waals surface area contributed by atoms with Crippen LogP contribution in [0.2, 0.25) is 0 Å². The SMILES string of the molecule is COc1c(C(=O)c2ccncc2C)ccc(C)c1C. The molecule has 0 radical (unpaired) electrons. The Morgan fingerprint density at radius 1 is 1.05 bits per heavy atom. The maximum Gasteiger partial charge on any atom is 0.197 e. The largest absolute Gasteiger partial charge is 0.496 e. The van der Waals surface area contributed by atoms with Crippen LogP contribution >= 0.6 is 0 Å². The summed E-state index contributed by atoms with van der Waals surface area (Å²) in [6, 6.07) is 5.51. The molecule has 0 saturated carbocycles. The molecule has 1 aromatic carbocycles. The highest BCUT2D eigenvalue weighted by Gasteiger charge is 2.18. The zero-order valence-corrected chi connectivity index (χ0v) is 11.7. The molecule has 0 spiro atoms. The van der Waals surface area contributed by atoms with Crippen molar-refractivity contribution in [3.63, 3.8) is 0 Å². The normalized spacial score (nSPS) is 10.3. The molecule has 0 bridgehead atoms. The zero-order chi connectivity index (χ0) is 14.0. The standard InChI is InChI=1S/C16H17NO2/c1-10-5-6-14(16(19-4)12(10)3)15(18)13-7-8-17-9-11(13)2/h5-9H,1-4H3. The Hall–Kier alpha value is -2.16. The summed E-state index contributed by atoms with van der Waals surface area (Å²) < 4.78 is 5.40. The summed E-state index contributed by atoms with van der Waals surface area (Å²) in [5.74, 6) is 0.626.